The molecule has 0 saturated carbocycles. The van der Waals surface area contributed by atoms with E-state index in [-0.39, 0.29) is 18.0 Å². The lowest BCUT2D eigenvalue weighted by molar-refractivity contribution is -0.125. The highest BCUT2D eigenvalue weighted by molar-refractivity contribution is 8.13. The fourth-order valence-corrected chi connectivity index (χ4v) is 5.26. The van der Waals surface area contributed by atoms with Gasteiger partial charge in [-0.2, -0.15) is 0 Å². The fraction of sp³-hybridized carbons (Fsp3) is 0.346. The summed E-state index contributed by atoms with van der Waals surface area (Å²) >= 11 is 1.74. The van der Waals surface area contributed by atoms with Crippen LogP contribution < -0.4 is 10.6 Å². The average Bonchev–Trinajstić information content (AvgIpc) is 2.83. The molecule has 8 heteroatoms. The van der Waals surface area contributed by atoms with Gasteiger partial charge in [-0.05, 0) is 55.2 Å². The molecule has 178 valence electrons. The van der Waals surface area contributed by atoms with E-state index in [9.17, 15) is 9.59 Å². The van der Waals surface area contributed by atoms with Crippen molar-refractivity contribution in [1.29, 1.82) is 0 Å². The molecule has 0 aliphatic carbocycles. The summed E-state index contributed by atoms with van der Waals surface area (Å²) in [6.45, 7) is 4.85. The normalized spacial score (nSPS) is 17.6. The third-order valence-electron chi connectivity index (χ3n) is 5.97. The number of urea groups is 1. The minimum Gasteiger partial charge on any atom is -0.345 e. The molecule has 0 aromatic heterocycles. The molecular weight excluding hydrogens is 446 g/mol. The summed E-state index contributed by atoms with van der Waals surface area (Å²) < 4.78 is 0. The number of amides is 3. The zero-order valence-electron chi connectivity index (χ0n) is 20.1. The first-order valence-corrected chi connectivity index (χ1v) is 12.5. The Bertz CT molecular complexity index is 1140. The number of carbonyl (C=O) groups is 2. The number of fused-ring (bicyclic) bond motifs is 1. The molecule has 1 saturated heterocycles. The summed E-state index contributed by atoms with van der Waals surface area (Å²) in [4.78, 5) is 34.2. The summed E-state index contributed by atoms with van der Waals surface area (Å²) in [7, 11) is 3.54. The van der Waals surface area contributed by atoms with Crippen LogP contribution in [0.1, 0.15) is 37.4 Å². The summed E-state index contributed by atoms with van der Waals surface area (Å²) in [5.74, 6) is 1.00. The van der Waals surface area contributed by atoms with E-state index >= 15 is 0 Å². The lowest BCUT2D eigenvalue weighted by atomic mass is 9.93. The molecule has 2 aliphatic rings. The molecule has 34 heavy (non-hydrogen) atoms. The molecule has 2 aromatic rings. The lowest BCUT2D eigenvalue weighted by Gasteiger charge is -2.41. The first kappa shape index (κ1) is 23.9. The Morgan fingerprint density at radius 1 is 1.12 bits per heavy atom. The maximum Gasteiger partial charge on any atom is 0.323 e. The van der Waals surface area contributed by atoms with Crippen LogP contribution in [0.25, 0.3) is 0 Å². The van der Waals surface area contributed by atoms with Crippen molar-refractivity contribution in [1.82, 2.24) is 9.80 Å². The molecule has 0 unspecified atom stereocenters. The van der Waals surface area contributed by atoms with Crippen molar-refractivity contribution in [2.24, 2.45) is 4.99 Å². The van der Waals surface area contributed by atoms with Crippen molar-refractivity contribution in [2.45, 2.75) is 32.7 Å². The Morgan fingerprint density at radius 2 is 1.85 bits per heavy atom. The minimum absolute atomic E-state index is 0.0308. The molecule has 2 aliphatic heterocycles. The highest BCUT2D eigenvalue weighted by Crippen LogP contribution is 2.40. The molecule has 0 spiro atoms. The second-order valence-corrected chi connectivity index (χ2v) is 9.71. The highest BCUT2D eigenvalue weighted by atomic mass is 32.2. The van der Waals surface area contributed by atoms with E-state index in [0.717, 1.165) is 47.3 Å². The molecule has 2 N–H and O–H groups in total. The number of allylic oxidation sites excluding steroid dienone is 1. The van der Waals surface area contributed by atoms with Crippen molar-refractivity contribution in [3.63, 3.8) is 0 Å². The third kappa shape index (κ3) is 5.12. The quantitative estimate of drug-likeness (QED) is 0.628. The van der Waals surface area contributed by atoms with Crippen molar-refractivity contribution in [3.8, 4) is 0 Å². The number of nitrogens with one attached hydrogen (secondary N) is 2. The van der Waals surface area contributed by atoms with Crippen molar-refractivity contribution >= 4 is 40.2 Å². The molecule has 0 bridgehead atoms. The van der Waals surface area contributed by atoms with Gasteiger partial charge < -0.3 is 20.4 Å². The largest absolute Gasteiger partial charge is 0.345 e. The van der Waals surface area contributed by atoms with Crippen molar-refractivity contribution in [3.05, 3.63) is 70.9 Å². The van der Waals surface area contributed by atoms with Gasteiger partial charge in [0.1, 0.15) is 0 Å². The number of aryl methyl sites for hydroxylation is 1. The summed E-state index contributed by atoms with van der Waals surface area (Å²) in [6, 6.07) is 15.1. The molecule has 2 aromatic carbocycles. The fourth-order valence-electron chi connectivity index (χ4n) is 4.24. The number of benzene rings is 2. The number of likely N-dealkylation sites (N-methyl/N-ethyl adjacent to an activating group) is 1. The Kier molecular flexibility index (Phi) is 7.26. The van der Waals surface area contributed by atoms with Crippen LogP contribution in [-0.2, 0) is 11.2 Å². The van der Waals surface area contributed by atoms with Gasteiger partial charge in [0.15, 0.2) is 5.17 Å². The lowest BCUT2D eigenvalue weighted by Crippen LogP contribution is -2.43. The number of hydrogen-bond donors (Lipinski definition) is 2. The predicted molar refractivity (Wildman–Crippen MR) is 140 cm³/mol. The van der Waals surface area contributed by atoms with E-state index < -0.39 is 0 Å². The van der Waals surface area contributed by atoms with Crippen LogP contribution in [0, 0.1) is 0 Å². The maximum atomic E-state index is 13.1. The number of nitrogens with zero attached hydrogens (tertiary/aromatic N) is 3. The highest BCUT2D eigenvalue weighted by Gasteiger charge is 2.37. The number of thioether (sulfide) groups is 1. The van der Waals surface area contributed by atoms with Gasteiger partial charge in [0.2, 0.25) is 0 Å². The van der Waals surface area contributed by atoms with E-state index in [2.05, 4.69) is 22.5 Å². The Morgan fingerprint density at radius 3 is 2.56 bits per heavy atom. The Hall–Kier alpha value is -3.26. The SMILES string of the molecule is CCc1cccc(NC(=O)Nc2ccc([C@@H]3C(C(=O)N(C)C)=C(C)N=C4SCCCN43)cc2)c1. The van der Waals surface area contributed by atoms with Gasteiger partial charge in [-0.25, -0.2) is 9.79 Å². The van der Waals surface area contributed by atoms with E-state index in [0.29, 0.717) is 11.3 Å². The average molecular weight is 478 g/mol. The van der Waals surface area contributed by atoms with Gasteiger partial charge in [-0.1, -0.05) is 43.0 Å². The number of rotatable bonds is 5. The molecule has 7 nitrogen and oxygen atoms in total. The molecule has 2 heterocycles. The number of anilines is 2. The van der Waals surface area contributed by atoms with E-state index in [1.165, 1.54) is 5.56 Å². The second-order valence-electron chi connectivity index (χ2n) is 8.65. The summed E-state index contributed by atoms with van der Waals surface area (Å²) in [5.41, 5.74) is 5.08. The van der Waals surface area contributed by atoms with Gasteiger partial charge in [0, 0.05) is 37.8 Å². The molecule has 0 radical (unpaired) electrons. The monoisotopic (exact) mass is 477 g/mol. The van der Waals surface area contributed by atoms with Gasteiger partial charge in [-0.15, -0.1) is 0 Å². The molecule has 1 fully saturated rings. The standard InChI is InChI=1S/C26H31N5O2S/c1-5-18-8-6-9-21(16-18)29-25(33)28-20-12-10-19(11-13-20)23-22(24(32)30(3)4)17(2)27-26-31(23)14-7-15-34-26/h6,8-13,16,23H,5,7,14-15H2,1-4H3,(H2,28,29,33)/t23-/m1/s1. The number of hydrogen-bond acceptors (Lipinski definition) is 5. The Labute approximate surface area is 205 Å². The summed E-state index contributed by atoms with van der Waals surface area (Å²) in [6.07, 6.45) is 1.95. The molecule has 1 atom stereocenters. The summed E-state index contributed by atoms with van der Waals surface area (Å²) in [5, 5.41) is 6.75. The van der Waals surface area contributed by atoms with Crippen molar-refractivity contribution < 1.29 is 9.59 Å². The van der Waals surface area contributed by atoms with Crippen LogP contribution >= 0.6 is 11.8 Å². The van der Waals surface area contributed by atoms with Gasteiger partial charge in [0.05, 0.1) is 17.3 Å². The van der Waals surface area contributed by atoms with Gasteiger partial charge in [0.25, 0.3) is 5.91 Å². The second kappa shape index (κ2) is 10.3. The smallest absolute Gasteiger partial charge is 0.323 e. The minimum atomic E-state index is -0.292. The van der Waals surface area contributed by atoms with Crippen LogP contribution in [0.2, 0.25) is 0 Å². The first-order valence-electron chi connectivity index (χ1n) is 11.5. The molecule has 4 rings (SSSR count). The topological polar surface area (TPSA) is 77.0 Å². The van der Waals surface area contributed by atoms with Crippen LogP contribution in [0.3, 0.4) is 0 Å². The first-order chi connectivity index (χ1) is 16.4. The third-order valence-corrected chi connectivity index (χ3v) is 7.05. The van der Waals surface area contributed by atoms with Crippen LogP contribution in [-0.4, -0.2) is 53.3 Å². The number of carbonyl (C=O) groups excluding carboxylic acids is 2. The van der Waals surface area contributed by atoms with E-state index in [1.54, 1.807) is 30.8 Å². The van der Waals surface area contributed by atoms with Crippen LogP contribution in [0.4, 0.5) is 16.2 Å². The maximum absolute atomic E-state index is 13.1. The zero-order chi connectivity index (χ0) is 24.2. The predicted octanol–water partition coefficient (Wildman–Crippen LogP) is 5.10. The van der Waals surface area contributed by atoms with E-state index in [1.807, 2.05) is 55.5 Å². The van der Waals surface area contributed by atoms with Crippen LogP contribution in [0.5, 0.6) is 0 Å². The van der Waals surface area contributed by atoms with Gasteiger partial charge >= 0.3 is 6.03 Å². The van der Waals surface area contributed by atoms with Gasteiger partial charge in [-0.3, -0.25) is 4.79 Å². The van der Waals surface area contributed by atoms with Crippen molar-refractivity contribution in [2.75, 3.05) is 37.0 Å². The Balaban J connectivity index is 1.54. The van der Waals surface area contributed by atoms with E-state index in [4.69, 9.17) is 4.99 Å². The molecule has 3 amide bonds. The molecular formula is C26H31N5O2S. The number of aliphatic imine (C=N–C) groups is 1. The van der Waals surface area contributed by atoms with Crippen LogP contribution in [0.15, 0.2) is 64.8 Å². The zero-order valence-corrected chi connectivity index (χ0v) is 20.9. The number of amidine groups is 1.